The molecule has 0 aliphatic heterocycles. The van der Waals surface area contributed by atoms with E-state index in [-0.39, 0.29) is 11.4 Å². The number of benzene rings is 1. The molecule has 1 aromatic carbocycles. The van der Waals surface area contributed by atoms with Crippen molar-refractivity contribution in [2.45, 2.75) is 38.8 Å². The number of hydrogen-bond acceptors (Lipinski definition) is 2. The maximum atomic E-state index is 11.9. The third-order valence-electron chi connectivity index (χ3n) is 2.72. The lowest BCUT2D eigenvalue weighted by Gasteiger charge is -2.21. The third kappa shape index (κ3) is 5.52. The monoisotopic (exact) mass is 268 g/mol. The van der Waals surface area contributed by atoms with Gasteiger partial charge >= 0.3 is 0 Å². The minimum absolute atomic E-state index is 0.105. The highest BCUT2D eigenvalue weighted by Gasteiger charge is 2.15. The van der Waals surface area contributed by atoms with Crippen molar-refractivity contribution in [3.63, 3.8) is 0 Å². The third-order valence-corrected chi connectivity index (χ3v) is 2.95. The Hall–Kier alpha value is -1.06. The molecule has 0 aromatic heterocycles. The Morgan fingerprint density at radius 3 is 2.67 bits per heavy atom. The lowest BCUT2D eigenvalue weighted by molar-refractivity contribution is -0.130. The predicted octanol–water partition coefficient (Wildman–Crippen LogP) is 2.82. The van der Waals surface area contributed by atoms with Gasteiger partial charge in [0.1, 0.15) is 0 Å². The molecule has 1 aromatic rings. The van der Waals surface area contributed by atoms with E-state index in [1.54, 1.807) is 11.9 Å². The second-order valence-electron chi connectivity index (χ2n) is 5.37. The van der Waals surface area contributed by atoms with Crippen LogP contribution in [0.4, 0.5) is 0 Å². The van der Waals surface area contributed by atoms with Gasteiger partial charge in [0.25, 0.3) is 0 Å². The first-order chi connectivity index (χ1) is 8.28. The molecule has 0 radical (unpaired) electrons. The number of halogens is 1. The summed E-state index contributed by atoms with van der Waals surface area (Å²) in [5.41, 5.74) is 6.60. The number of nitrogens with two attached hydrogens (primary N) is 1. The first kappa shape index (κ1) is 15.0. The quantitative estimate of drug-likeness (QED) is 0.893. The van der Waals surface area contributed by atoms with Crippen LogP contribution >= 0.6 is 11.6 Å². The summed E-state index contributed by atoms with van der Waals surface area (Å²) in [6, 6.07) is 7.55. The molecule has 3 nitrogen and oxygen atoms in total. The molecule has 0 unspecified atom stereocenters. The molecule has 100 valence electrons. The summed E-state index contributed by atoms with van der Waals surface area (Å²) in [7, 11) is 1.80. The van der Waals surface area contributed by atoms with Gasteiger partial charge in [0, 0.05) is 30.6 Å². The minimum atomic E-state index is -0.299. The Kier molecular flexibility index (Phi) is 5.17. The molecular formula is C14H21ClN2O. The zero-order valence-corrected chi connectivity index (χ0v) is 12.0. The lowest BCUT2D eigenvalue weighted by atomic mass is 10.00. The second-order valence-corrected chi connectivity index (χ2v) is 5.80. The van der Waals surface area contributed by atoms with Gasteiger partial charge in [-0.3, -0.25) is 4.79 Å². The Balaban J connectivity index is 2.50. The molecule has 1 rings (SSSR count). The molecule has 1 amide bonds. The summed E-state index contributed by atoms with van der Waals surface area (Å²) in [5, 5.41) is 0.691. The molecule has 0 aliphatic carbocycles. The van der Waals surface area contributed by atoms with Crippen molar-refractivity contribution < 1.29 is 4.79 Å². The molecule has 18 heavy (non-hydrogen) atoms. The predicted molar refractivity (Wildman–Crippen MR) is 75.4 cm³/mol. The smallest absolute Gasteiger partial charge is 0.222 e. The molecule has 0 aliphatic rings. The zero-order chi connectivity index (χ0) is 13.8. The number of nitrogens with zero attached hydrogens (tertiary/aromatic N) is 1. The fourth-order valence-corrected chi connectivity index (χ4v) is 1.83. The summed E-state index contributed by atoms with van der Waals surface area (Å²) >= 11 is 5.91. The van der Waals surface area contributed by atoms with E-state index in [1.165, 1.54) is 0 Å². The normalized spacial score (nSPS) is 11.4. The van der Waals surface area contributed by atoms with Crippen molar-refractivity contribution in [1.82, 2.24) is 4.90 Å². The van der Waals surface area contributed by atoms with Gasteiger partial charge in [0.05, 0.1) is 0 Å². The fourth-order valence-electron chi connectivity index (χ4n) is 1.62. The summed E-state index contributed by atoms with van der Waals surface area (Å²) < 4.78 is 0. The summed E-state index contributed by atoms with van der Waals surface area (Å²) in [6.07, 6.45) is 1.16. The topological polar surface area (TPSA) is 46.3 Å². The van der Waals surface area contributed by atoms with E-state index in [0.29, 0.717) is 24.4 Å². The highest BCUT2D eigenvalue weighted by Crippen LogP contribution is 2.14. The van der Waals surface area contributed by atoms with E-state index in [4.69, 9.17) is 17.3 Å². The summed E-state index contributed by atoms with van der Waals surface area (Å²) in [4.78, 5) is 13.6. The van der Waals surface area contributed by atoms with Gasteiger partial charge in [-0.05, 0) is 38.0 Å². The van der Waals surface area contributed by atoms with Crippen LogP contribution < -0.4 is 5.73 Å². The van der Waals surface area contributed by atoms with Crippen molar-refractivity contribution in [1.29, 1.82) is 0 Å². The molecule has 0 saturated heterocycles. The van der Waals surface area contributed by atoms with Crippen LogP contribution in [0.2, 0.25) is 5.02 Å². The molecular weight excluding hydrogens is 248 g/mol. The Labute approximate surface area is 114 Å². The Morgan fingerprint density at radius 1 is 1.44 bits per heavy atom. The van der Waals surface area contributed by atoms with Crippen molar-refractivity contribution in [3.05, 3.63) is 34.9 Å². The largest absolute Gasteiger partial charge is 0.341 e. The molecule has 0 saturated carbocycles. The Morgan fingerprint density at radius 2 is 2.11 bits per heavy atom. The van der Waals surface area contributed by atoms with Crippen LogP contribution in [0.1, 0.15) is 32.3 Å². The van der Waals surface area contributed by atoms with Crippen LogP contribution in [0, 0.1) is 0 Å². The molecule has 2 N–H and O–H groups in total. The van der Waals surface area contributed by atoms with Crippen molar-refractivity contribution >= 4 is 17.5 Å². The SMILES string of the molecule is CN(Cc1cccc(Cl)c1)C(=O)CCC(C)(C)N. The van der Waals surface area contributed by atoms with E-state index in [1.807, 2.05) is 38.1 Å². The van der Waals surface area contributed by atoms with Gasteiger partial charge in [-0.15, -0.1) is 0 Å². The summed E-state index contributed by atoms with van der Waals surface area (Å²) in [5.74, 6) is 0.105. The van der Waals surface area contributed by atoms with E-state index < -0.39 is 0 Å². The number of rotatable bonds is 5. The number of carbonyl (C=O) groups excluding carboxylic acids is 1. The van der Waals surface area contributed by atoms with Crippen LogP contribution in [0.3, 0.4) is 0 Å². The number of carbonyl (C=O) groups is 1. The molecule has 0 bridgehead atoms. The molecule has 4 heteroatoms. The van der Waals surface area contributed by atoms with Crippen LogP contribution in [-0.4, -0.2) is 23.4 Å². The zero-order valence-electron chi connectivity index (χ0n) is 11.2. The average molecular weight is 269 g/mol. The summed E-state index contributed by atoms with van der Waals surface area (Å²) in [6.45, 7) is 4.43. The van der Waals surface area contributed by atoms with Gasteiger partial charge in [-0.25, -0.2) is 0 Å². The molecule has 0 heterocycles. The van der Waals surface area contributed by atoms with Gasteiger partial charge in [0.15, 0.2) is 0 Å². The highest BCUT2D eigenvalue weighted by atomic mass is 35.5. The highest BCUT2D eigenvalue weighted by molar-refractivity contribution is 6.30. The van der Waals surface area contributed by atoms with Crippen LogP contribution in [-0.2, 0) is 11.3 Å². The average Bonchev–Trinajstić information content (AvgIpc) is 2.24. The van der Waals surface area contributed by atoms with Gasteiger partial charge in [0.2, 0.25) is 5.91 Å². The fraction of sp³-hybridized carbons (Fsp3) is 0.500. The first-order valence-electron chi connectivity index (χ1n) is 6.05. The number of hydrogen-bond donors (Lipinski definition) is 1. The first-order valence-corrected chi connectivity index (χ1v) is 6.43. The minimum Gasteiger partial charge on any atom is -0.341 e. The Bertz CT molecular complexity index is 413. The van der Waals surface area contributed by atoms with E-state index in [0.717, 1.165) is 5.56 Å². The standard InChI is InChI=1S/C14H21ClN2O/c1-14(2,16)8-7-13(18)17(3)10-11-5-4-6-12(15)9-11/h4-6,9H,7-8,10,16H2,1-3H3. The molecule has 0 spiro atoms. The van der Waals surface area contributed by atoms with Gasteiger partial charge in [-0.2, -0.15) is 0 Å². The van der Waals surface area contributed by atoms with E-state index in [2.05, 4.69) is 0 Å². The second kappa shape index (κ2) is 6.21. The van der Waals surface area contributed by atoms with Crippen LogP contribution in [0.25, 0.3) is 0 Å². The molecule has 0 atom stereocenters. The van der Waals surface area contributed by atoms with Crippen LogP contribution in [0.15, 0.2) is 24.3 Å². The van der Waals surface area contributed by atoms with Crippen molar-refractivity contribution in [2.75, 3.05) is 7.05 Å². The lowest BCUT2D eigenvalue weighted by Crippen LogP contribution is -2.34. The van der Waals surface area contributed by atoms with Crippen molar-refractivity contribution in [3.8, 4) is 0 Å². The maximum absolute atomic E-state index is 11.9. The van der Waals surface area contributed by atoms with Crippen molar-refractivity contribution in [2.24, 2.45) is 5.73 Å². The van der Waals surface area contributed by atoms with E-state index >= 15 is 0 Å². The maximum Gasteiger partial charge on any atom is 0.222 e. The van der Waals surface area contributed by atoms with E-state index in [9.17, 15) is 4.79 Å². The van der Waals surface area contributed by atoms with Gasteiger partial charge < -0.3 is 10.6 Å². The van der Waals surface area contributed by atoms with Gasteiger partial charge in [-0.1, -0.05) is 23.7 Å². The number of amides is 1. The molecule has 0 fully saturated rings. The van der Waals surface area contributed by atoms with Crippen LogP contribution in [0.5, 0.6) is 0 Å².